The third kappa shape index (κ3) is 4.10. The number of carbonyl (C=O) groups is 1. The molecule has 4 rings (SSSR count). The maximum atomic E-state index is 12.7. The second kappa shape index (κ2) is 7.61. The molecule has 0 N–H and O–H groups in total. The Labute approximate surface area is 163 Å². The normalized spacial score (nSPS) is 15.5. The van der Waals surface area contributed by atoms with Gasteiger partial charge in [0.15, 0.2) is 0 Å². The topological polar surface area (TPSA) is 85.0 Å². The van der Waals surface area contributed by atoms with Crippen LogP contribution in [0.3, 0.4) is 0 Å². The SMILES string of the molecule is O=C(c1cccnc1)N1CCC(c2cccc(-c3noc(C(F)(F)F)n3)n2)CC1. The van der Waals surface area contributed by atoms with E-state index in [1.807, 2.05) is 6.07 Å². The van der Waals surface area contributed by atoms with E-state index < -0.39 is 12.1 Å². The number of alkyl halides is 3. The number of likely N-dealkylation sites (tertiary alicyclic amines) is 1. The molecule has 7 nitrogen and oxygen atoms in total. The second-order valence-corrected chi connectivity index (χ2v) is 6.68. The first kappa shape index (κ1) is 19.0. The van der Waals surface area contributed by atoms with Crippen molar-refractivity contribution in [1.82, 2.24) is 25.0 Å². The Morgan fingerprint density at radius 1 is 1.10 bits per heavy atom. The van der Waals surface area contributed by atoms with Crippen molar-refractivity contribution in [2.75, 3.05) is 13.1 Å². The average Bonchev–Trinajstić information content (AvgIpc) is 3.25. The van der Waals surface area contributed by atoms with Gasteiger partial charge in [-0.2, -0.15) is 18.2 Å². The van der Waals surface area contributed by atoms with Crippen molar-refractivity contribution in [1.29, 1.82) is 0 Å². The second-order valence-electron chi connectivity index (χ2n) is 6.68. The van der Waals surface area contributed by atoms with E-state index in [1.54, 1.807) is 35.5 Å². The molecule has 10 heteroatoms. The van der Waals surface area contributed by atoms with Gasteiger partial charge in [0.2, 0.25) is 5.82 Å². The molecule has 0 aromatic carbocycles. The predicted molar refractivity (Wildman–Crippen MR) is 94.6 cm³/mol. The summed E-state index contributed by atoms with van der Waals surface area (Å²) < 4.78 is 42.3. The van der Waals surface area contributed by atoms with Gasteiger partial charge in [0.1, 0.15) is 5.69 Å². The molecule has 150 valence electrons. The van der Waals surface area contributed by atoms with Crippen LogP contribution in [0.15, 0.2) is 47.2 Å². The molecule has 3 aromatic rings. The maximum Gasteiger partial charge on any atom is 0.471 e. The minimum atomic E-state index is -4.70. The number of nitrogens with zero attached hydrogens (tertiary/aromatic N) is 5. The molecule has 29 heavy (non-hydrogen) atoms. The summed E-state index contributed by atoms with van der Waals surface area (Å²) >= 11 is 0. The van der Waals surface area contributed by atoms with E-state index >= 15 is 0 Å². The van der Waals surface area contributed by atoms with Crippen molar-refractivity contribution in [3.05, 3.63) is 59.9 Å². The zero-order valence-electron chi connectivity index (χ0n) is 15.1. The molecule has 4 heterocycles. The number of halogens is 3. The third-order valence-electron chi connectivity index (χ3n) is 4.78. The minimum Gasteiger partial charge on any atom is -0.339 e. The highest BCUT2D eigenvalue weighted by Crippen LogP contribution is 2.31. The van der Waals surface area contributed by atoms with Gasteiger partial charge in [-0.15, -0.1) is 0 Å². The fourth-order valence-electron chi connectivity index (χ4n) is 3.30. The van der Waals surface area contributed by atoms with Crippen molar-refractivity contribution in [2.24, 2.45) is 0 Å². The van der Waals surface area contributed by atoms with E-state index in [9.17, 15) is 18.0 Å². The Morgan fingerprint density at radius 3 is 2.55 bits per heavy atom. The van der Waals surface area contributed by atoms with Crippen LogP contribution in [0.4, 0.5) is 13.2 Å². The fraction of sp³-hybridized carbons (Fsp3) is 0.316. The molecule has 0 atom stereocenters. The summed E-state index contributed by atoms with van der Waals surface area (Å²) in [7, 11) is 0. The number of amides is 1. The van der Waals surface area contributed by atoms with Crippen LogP contribution in [0.25, 0.3) is 11.5 Å². The smallest absolute Gasteiger partial charge is 0.339 e. The van der Waals surface area contributed by atoms with Crippen molar-refractivity contribution in [2.45, 2.75) is 24.9 Å². The first-order valence-electron chi connectivity index (χ1n) is 8.99. The number of aromatic nitrogens is 4. The molecule has 0 spiro atoms. The summed E-state index contributed by atoms with van der Waals surface area (Å²) in [5, 5.41) is 3.38. The molecular formula is C19H16F3N5O2. The lowest BCUT2D eigenvalue weighted by Gasteiger charge is -2.31. The van der Waals surface area contributed by atoms with Gasteiger partial charge >= 0.3 is 12.1 Å². The molecule has 3 aromatic heterocycles. The zero-order chi connectivity index (χ0) is 20.4. The zero-order valence-corrected chi connectivity index (χ0v) is 15.1. The van der Waals surface area contributed by atoms with Crippen LogP contribution in [0.1, 0.15) is 40.7 Å². The van der Waals surface area contributed by atoms with Crippen LogP contribution >= 0.6 is 0 Å². The highest BCUT2D eigenvalue weighted by atomic mass is 19.4. The standard InChI is InChI=1S/C19H16F3N5O2/c20-19(21,22)18-25-16(26-29-18)15-5-1-4-14(24-15)12-6-9-27(10-7-12)17(28)13-3-2-8-23-11-13/h1-5,8,11-12H,6-7,9-10H2. The number of pyridine rings is 2. The van der Waals surface area contributed by atoms with Gasteiger partial charge in [-0.3, -0.25) is 9.78 Å². The molecule has 0 bridgehead atoms. The van der Waals surface area contributed by atoms with E-state index in [0.29, 0.717) is 31.5 Å². The minimum absolute atomic E-state index is 0.0651. The lowest BCUT2D eigenvalue weighted by Crippen LogP contribution is -2.38. The van der Waals surface area contributed by atoms with Crippen molar-refractivity contribution < 1.29 is 22.5 Å². The molecule has 1 saturated heterocycles. The van der Waals surface area contributed by atoms with Crippen LogP contribution in [0.2, 0.25) is 0 Å². The van der Waals surface area contributed by atoms with Gasteiger partial charge in [-0.25, -0.2) is 4.98 Å². The van der Waals surface area contributed by atoms with E-state index in [-0.39, 0.29) is 23.3 Å². The fourth-order valence-corrected chi connectivity index (χ4v) is 3.30. The molecule has 1 aliphatic heterocycles. The van der Waals surface area contributed by atoms with Crippen molar-refractivity contribution >= 4 is 5.91 Å². The Morgan fingerprint density at radius 2 is 1.90 bits per heavy atom. The summed E-state index contributed by atoms with van der Waals surface area (Å²) in [4.78, 5) is 26.1. The van der Waals surface area contributed by atoms with E-state index in [1.165, 1.54) is 6.07 Å². The molecule has 0 saturated carbocycles. The van der Waals surface area contributed by atoms with Crippen LogP contribution < -0.4 is 0 Å². The quantitative estimate of drug-likeness (QED) is 0.665. The van der Waals surface area contributed by atoms with Gasteiger partial charge in [-0.1, -0.05) is 11.2 Å². The lowest BCUT2D eigenvalue weighted by atomic mass is 9.92. The first-order valence-corrected chi connectivity index (χ1v) is 8.99. The highest BCUT2D eigenvalue weighted by Gasteiger charge is 2.38. The molecule has 1 aliphatic rings. The van der Waals surface area contributed by atoms with Gasteiger partial charge in [0.25, 0.3) is 5.91 Å². The average molecular weight is 403 g/mol. The maximum absolute atomic E-state index is 12.7. The number of hydrogen-bond acceptors (Lipinski definition) is 6. The Kier molecular flexibility index (Phi) is 4.99. The van der Waals surface area contributed by atoms with Crippen molar-refractivity contribution in [3.63, 3.8) is 0 Å². The summed E-state index contributed by atoms with van der Waals surface area (Å²) in [5.74, 6) is -1.59. The van der Waals surface area contributed by atoms with E-state index in [2.05, 4.69) is 24.6 Å². The van der Waals surface area contributed by atoms with Gasteiger partial charge < -0.3 is 9.42 Å². The van der Waals surface area contributed by atoms with E-state index in [4.69, 9.17) is 0 Å². The summed E-state index contributed by atoms with van der Waals surface area (Å²) in [6.45, 7) is 1.12. The first-order chi connectivity index (χ1) is 13.9. The molecule has 0 aliphatic carbocycles. The molecule has 1 amide bonds. The predicted octanol–water partition coefficient (Wildman–Crippen LogP) is 3.57. The van der Waals surface area contributed by atoms with Crippen LogP contribution in [0, 0.1) is 0 Å². The van der Waals surface area contributed by atoms with Crippen LogP contribution in [-0.2, 0) is 6.18 Å². The monoisotopic (exact) mass is 403 g/mol. The number of piperidine rings is 1. The Hall–Kier alpha value is -3.30. The van der Waals surface area contributed by atoms with Gasteiger partial charge in [0, 0.05) is 37.1 Å². The van der Waals surface area contributed by atoms with Crippen LogP contribution in [0.5, 0.6) is 0 Å². The number of carbonyl (C=O) groups excluding carboxylic acids is 1. The summed E-state index contributed by atoms with van der Waals surface area (Å²) in [6.07, 6.45) is -0.149. The van der Waals surface area contributed by atoms with Crippen molar-refractivity contribution in [3.8, 4) is 11.5 Å². The van der Waals surface area contributed by atoms with E-state index in [0.717, 1.165) is 5.69 Å². The molecular weight excluding hydrogens is 387 g/mol. The Bertz CT molecular complexity index is 998. The number of rotatable bonds is 3. The largest absolute Gasteiger partial charge is 0.471 e. The van der Waals surface area contributed by atoms with Gasteiger partial charge in [-0.05, 0) is 37.1 Å². The van der Waals surface area contributed by atoms with Crippen LogP contribution in [-0.4, -0.2) is 44.0 Å². The third-order valence-corrected chi connectivity index (χ3v) is 4.78. The van der Waals surface area contributed by atoms with Gasteiger partial charge in [0.05, 0.1) is 5.56 Å². The number of hydrogen-bond donors (Lipinski definition) is 0. The molecule has 0 unspecified atom stereocenters. The lowest BCUT2D eigenvalue weighted by molar-refractivity contribution is -0.159. The summed E-state index contributed by atoms with van der Waals surface area (Å²) in [6, 6.07) is 8.51. The highest BCUT2D eigenvalue weighted by molar-refractivity contribution is 5.93. The molecule has 1 fully saturated rings. The molecule has 0 radical (unpaired) electrons. The Balaban J connectivity index is 1.45. The summed E-state index contributed by atoms with van der Waals surface area (Å²) in [5.41, 5.74) is 1.49.